The molecular formula is C19H25Cl2N3O2. The minimum absolute atomic E-state index is 0.0798. The molecule has 0 bridgehead atoms. The molecule has 1 fully saturated rings. The molecule has 0 radical (unpaired) electrons. The van der Waals surface area contributed by atoms with Gasteiger partial charge in [0.25, 0.3) is 5.56 Å². The topological polar surface area (TPSA) is 47.4 Å². The molecule has 2 heterocycles. The summed E-state index contributed by atoms with van der Waals surface area (Å²) in [5, 5.41) is 1.30. The second-order valence-electron chi connectivity index (χ2n) is 7.18. The second-order valence-corrected chi connectivity index (χ2v) is 7.99. The van der Waals surface area contributed by atoms with Crippen LogP contribution < -0.4 is 5.56 Å². The fourth-order valence-corrected chi connectivity index (χ4v) is 3.86. The highest BCUT2D eigenvalue weighted by Crippen LogP contribution is 2.29. The molecule has 3 rings (SSSR count). The van der Waals surface area contributed by atoms with Crippen molar-refractivity contribution >= 4 is 34.1 Å². The van der Waals surface area contributed by atoms with Crippen LogP contribution in [-0.2, 0) is 11.8 Å². The van der Waals surface area contributed by atoms with E-state index in [2.05, 4.69) is 4.90 Å². The lowest BCUT2D eigenvalue weighted by atomic mass is 9.96. The van der Waals surface area contributed by atoms with Gasteiger partial charge in [0.15, 0.2) is 0 Å². The predicted octanol–water partition coefficient (Wildman–Crippen LogP) is 3.84. The van der Waals surface area contributed by atoms with E-state index < -0.39 is 0 Å². The van der Waals surface area contributed by atoms with Crippen LogP contribution in [0.25, 0.3) is 10.9 Å². The van der Waals surface area contributed by atoms with Crippen molar-refractivity contribution in [3.8, 4) is 0 Å². The van der Waals surface area contributed by atoms with Crippen molar-refractivity contribution < 1.29 is 4.74 Å². The van der Waals surface area contributed by atoms with Crippen LogP contribution in [0.15, 0.2) is 16.9 Å². The van der Waals surface area contributed by atoms with Gasteiger partial charge in [-0.15, -0.1) is 0 Å². The molecule has 0 saturated carbocycles. The molecule has 142 valence electrons. The average molecular weight is 398 g/mol. The van der Waals surface area contributed by atoms with Crippen LogP contribution >= 0.6 is 23.2 Å². The molecule has 0 amide bonds. The number of hydrogen-bond donors (Lipinski definition) is 0. The minimum Gasteiger partial charge on any atom is -0.377 e. The van der Waals surface area contributed by atoms with Crippen LogP contribution in [0, 0.1) is 0 Å². The molecule has 7 heteroatoms. The maximum atomic E-state index is 12.8. The summed E-state index contributed by atoms with van der Waals surface area (Å²) in [6.45, 7) is 7.66. The number of rotatable bonds is 5. The summed E-state index contributed by atoms with van der Waals surface area (Å²) in [4.78, 5) is 19.9. The Labute approximate surface area is 163 Å². The van der Waals surface area contributed by atoms with Crippen LogP contribution in [0.5, 0.6) is 0 Å². The summed E-state index contributed by atoms with van der Waals surface area (Å²) in [5.74, 6) is 1.04. The Morgan fingerprint density at radius 2 is 2.04 bits per heavy atom. The van der Waals surface area contributed by atoms with Crippen molar-refractivity contribution in [2.75, 3.05) is 26.2 Å². The molecule has 1 aromatic carbocycles. The Morgan fingerprint density at radius 3 is 2.77 bits per heavy atom. The van der Waals surface area contributed by atoms with Crippen molar-refractivity contribution in [2.45, 2.75) is 38.7 Å². The van der Waals surface area contributed by atoms with Crippen LogP contribution in [0.1, 0.15) is 38.4 Å². The van der Waals surface area contributed by atoms with E-state index in [1.54, 1.807) is 23.7 Å². The molecule has 5 nitrogen and oxygen atoms in total. The first-order valence-corrected chi connectivity index (χ1v) is 9.82. The number of ether oxygens (including phenoxy) is 1. The number of piperidine rings is 1. The highest BCUT2D eigenvalue weighted by atomic mass is 35.5. The smallest absolute Gasteiger partial charge is 0.261 e. The molecule has 1 aliphatic heterocycles. The van der Waals surface area contributed by atoms with E-state index in [0.29, 0.717) is 20.9 Å². The maximum Gasteiger partial charge on any atom is 0.261 e. The quantitative estimate of drug-likeness (QED) is 0.768. The second kappa shape index (κ2) is 8.26. The Balaban J connectivity index is 1.86. The zero-order valence-electron chi connectivity index (χ0n) is 15.5. The first-order valence-electron chi connectivity index (χ1n) is 9.06. The zero-order chi connectivity index (χ0) is 18.8. The maximum absolute atomic E-state index is 12.8. The summed E-state index contributed by atoms with van der Waals surface area (Å²) in [6, 6.07) is 3.29. The molecule has 0 aliphatic carbocycles. The summed E-state index contributed by atoms with van der Waals surface area (Å²) >= 11 is 12.2. The van der Waals surface area contributed by atoms with Gasteiger partial charge in [-0.25, -0.2) is 4.98 Å². The number of fused-ring (bicyclic) bond motifs is 1. The van der Waals surface area contributed by atoms with E-state index in [4.69, 9.17) is 32.9 Å². The molecule has 1 aliphatic rings. The highest BCUT2D eigenvalue weighted by molar-refractivity contribution is 6.42. The number of halogens is 2. The Kier molecular flexibility index (Phi) is 6.23. The first kappa shape index (κ1) is 19.6. The molecule has 1 saturated heterocycles. The van der Waals surface area contributed by atoms with Crippen molar-refractivity contribution in [2.24, 2.45) is 7.05 Å². The Hall–Kier alpha value is -1.14. The van der Waals surface area contributed by atoms with Gasteiger partial charge >= 0.3 is 0 Å². The van der Waals surface area contributed by atoms with Gasteiger partial charge in [-0.05, 0) is 45.4 Å². The van der Waals surface area contributed by atoms with Gasteiger partial charge in [-0.3, -0.25) is 9.36 Å². The van der Waals surface area contributed by atoms with Gasteiger partial charge in [-0.2, -0.15) is 0 Å². The molecule has 1 atom stereocenters. The summed E-state index contributed by atoms with van der Waals surface area (Å²) in [5.41, 5.74) is 0.529. The number of nitrogens with zero attached hydrogens (tertiary/aromatic N) is 3. The van der Waals surface area contributed by atoms with E-state index in [0.717, 1.165) is 44.9 Å². The number of benzene rings is 1. The zero-order valence-corrected chi connectivity index (χ0v) is 17.0. The van der Waals surface area contributed by atoms with Gasteiger partial charge < -0.3 is 9.64 Å². The lowest BCUT2D eigenvalue weighted by Gasteiger charge is -2.33. The normalized spacial score (nSPS) is 18.8. The molecule has 0 spiro atoms. The van der Waals surface area contributed by atoms with E-state index in [1.165, 1.54) is 0 Å². The lowest BCUT2D eigenvalue weighted by Crippen LogP contribution is -2.39. The minimum atomic E-state index is -0.0798. The third-order valence-corrected chi connectivity index (χ3v) is 5.60. The molecular weight excluding hydrogens is 373 g/mol. The van der Waals surface area contributed by atoms with Crippen LogP contribution in [0.2, 0.25) is 10.0 Å². The molecule has 26 heavy (non-hydrogen) atoms. The van der Waals surface area contributed by atoms with Crippen molar-refractivity contribution in [1.82, 2.24) is 14.5 Å². The van der Waals surface area contributed by atoms with E-state index in [-0.39, 0.29) is 17.6 Å². The summed E-state index contributed by atoms with van der Waals surface area (Å²) in [7, 11) is 1.79. The fourth-order valence-electron chi connectivity index (χ4n) is 3.54. The van der Waals surface area contributed by atoms with Gasteiger partial charge in [0.05, 0.1) is 33.7 Å². The van der Waals surface area contributed by atoms with Crippen molar-refractivity contribution in [3.05, 3.63) is 38.4 Å². The summed E-state index contributed by atoms with van der Waals surface area (Å²) in [6.07, 6.45) is 2.35. The van der Waals surface area contributed by atoms with Gasteiger partial charge in [0.1, 0.15) is 5.82 Å². The average Bonchev–Trinajstić information content (AvgIpc) is 2.60. The SMILES string of the molecule is CC(C)OCCN1CCC[C@@H](c2nc3cc(Cl)c(Cl)cc3c(=O)n2C)C1. The Morgan fingerprint density at radius 1 is 1.31 bits per heavy atom. The Bertz CT molecular complexity index is 851. The van der Waals surface area contributed by atoms with Crippen LogP contribution in [0.3, 0.4) is 0 Å². The van der Waals surface area contributed by atoms with Crippen molar-refractivity contribution in [1.29, 1.82) is 0 Å². The van der Waals surface area contributed by atoms with Gasteiger partial charge in [0.2, 0.25) is 0 Å². The number of aromatic nitrogens is 2. The molecule has 1 aromatic heterocycles. The lowest BCUT2D eigenvalue weighted by molar-refractivity contribution is 0.0524. The van der Waals surface area contributed by atoms with E-state index >= 15 is 0 Å². The number of hydrogen-bond acceptors (Lipinski definition) is 4. The van der Waals surface area contributed by atoms with Gasteiger partial charge in [-0.1, -0.05) is 23.2 Å². The molecule has 0 unspecified atom stereocenters. The third kappa shape index (κ3) is 4.22. The largest absolute Gasteiger partial charge is 0.377 e. The molecule has 0 N–H and O–H groups in total. The van der Waals surface area contributed by atoms with Crippen molar-refractivity contribution in [3.63, 3.8) is 0 Å². The van der Waals surface area contributed by atoms with Gasteiger partial charge in [0, 0.05) is 26.1 Å². The molecule has 2 aromatic rings. The highest BCUT2D eigenvalue weighted by Gasteiger charge is 2.25. The monoisotopic (exact) mass is 397 g/mol. The number of likely N-dealkylation sites (tertiary alicyclic amines) is 1. The fraction of sp³-hybridized carbons (Fsp3) is 0.579. The predicted molar refractivity (Wildman–Crippen MR) is 107 cm³/mol. The van der Waals surface area contributed by atoms with Crippen LogP contribution in [-0.4, -0.2) is 46.8 Å². The summed E-state index contributed by atoms with van der Waals surface area (Å²) < 4.78 is 7.33. The van der Waals surface area contributed by atoms with Crippen LogP contribution in [0.4, 0.5) is 0 Å². The first-order chi connectivity index (χ1) is 12.4. The van der Waals surface area contributed by atoms with E-state index in [1.807, 2.05) is 13.8 Å². The van der Waals surface area contributed by atoms with E-state index in [9.17, 15) is 4.79 Å². The standard InChI is InChI=1S/C19H25Cl2N3O2/c1-12(2)26-8-7-24-6-4-5-13(11-24)18-22-17-10-16(21)15(20)9-14(17)19(25)23(18)3/h9-10,12-13H,4-8,11H2,1-3H3/t13-/m1/s1. The third-order valence-electron chi connectivity index (χ3n) is 4.88.